The number of aryl methyl sites for hydroxylation is 1. The number of ketones is 1. The molecule has 4 heteroatoms. The number of fused-ring (bicyclic) bond motifs is 2. The molecule has 0 bridgehead atoms. The average molecular weight is 825 g/mol. The number of pyridine rings is 2. The molecule has 0 saturated heterocycles. The summed E-state index contributed by atoms with van der Waals surface area (Å²) in [6, 6.07) is 70.3. The van der Waals surface area contributed by atoms with Crippen LogP contribution in [0.1, 0.15) is 18.9 Å². The van der Waals surface area contributed by atoms with Crippen LogP contribution in [0.2, 0.25) is 0 Å². The number of benzene rings is 8. The van der Waals surface area contributed by atoms with Crippen LogP contribution in [-0.2, 0) is 11.2 Å². The lowest BCUT2D eigenvalue weighted by molar-refractivity contribution is -0.114. The largest absolute Gasteiger partial charge is 0.512 e. The quantitative estimate of drug-likeness (QED) is 0.104. The molecule has 4 nitrogen and oxygen atoms in total. The Morgan fingerprint density at radius 3 is 1.27 bits per heavy atom. The molecule has 2 aromatic heterocycles. The van der Waals surface area contributed by atoms with Crippen LogP contribution in [-0.4, -0.2) is 20.9 Å². The Bertz CT molecular complexity index is 3180. The monoisotopic (exact) mass is 824 g/mol. The van der Waals surface area contributed by atoms with E-state index in [0.29, 0.717) is 6.42 Å². The van der Waals surface area contributed by atoms with Crippen LogP contribution in [0.3, 0.4) is 0 Å². The lowest BCUT2D eigenvalue weighted by atomic mass is 9.85. The van der Waals surface area contributed by atoms with Crippen molar-refractivity contribution in [1.29, 1.82) is 0 Å². The highest BCUT2D eigenvalue weighted by molar-refractivity contribution is 6.07. The molecule has 0 aliphatic heterocycles. The molecule has 2 heterocycles. The molecule has 306 valence electrons. The molecular formula is C60H44N2O2. The van der Waals surface area contributed by atoms with Gasteiger partial charge in [-0.15, -0.1) is 0 Å². The number of aliphatic hydroxyl groups is 1. The second-order valence-corrected chi connectivity index (χ2v) is 16.2. The normalized spacial score (nSPS) is 11.5. The first-order valence-corrected chi connectivity index (χ1v) is 21.7. The lowest BCUT2D eigenvalue weighted by Gasteiger charge is -2.19. The van der Waals surface area contributed by atoms with E-state index in [2.05, 4.69) is 182 Å². The van der Waals surface area contributed by atoms with Crippen LogP contribution >= 0.6 is 0 Å². The maximum absolute atomic E-state index is 12.8. The van der Waals surface area contributed by atoms with Gasteiger partial charge in [-0.25, -0.2) is 0 Å². The summed E-state index contributed by atoms with van der Waals surface area (Å²) in [7, 11) is 0. The van der Waals surface area contributed by atoms with E-state index in [0.717, 1.165) is 105 Å². The molecule has 8 aromatic carbocycles. The second-order valence-electron chi connectivity index (χ2n) is 16.2. The minimum atomic E-state index is -0.106. The van der Waals surface area contributed by atoms with Crippen molar-refractivity contribution in [2.45, 2.75) is 19.8 Å². The highest BCUT2D eigenvalue weighted by atomic mass is 16.3. The highest BCUT2D eigenvalue weighted by Gasteiger charge is 2.19. The van der Waals surface area contributed by atoms with Crippen LogP contribution in [0.25, 0.3) is 99.7 Å². The predicted molar refractivity (Wildman–Crippen MR) is 265 cm³/mol. The summed E-state index contributed by atoms with van der Waals surface area (Å²) in [6.07, 6.45) is 6.17. The standard InChI is InChI=1S/C60H44N2O2/c1-40(63)34-47(64)33-32-41-18-8-9-23-48(41)44-35-45(49-24-10-12-26-51(49)57-38-61-59(42-19-4-2-5-20-42)55-30-16-14-28-53(55)57)37-46(36-44)50-25-11-13-27-52(50)58-39-62-60(43-21-6-3-7-22-43)56-31-17-15-29-54(56)58/h2-31,34-39,63H,32-33H2,1H3. The van der Waals surface area contributed by atoms with Crippen LogP contribution < -0.4 is 0 Å². The number of carbonyl (C=O) groups excluding carboxylic acids is 1. The number of aromatic nitrogens is 2. The van der Waals surface area contributed by atoms with E-state index in [4.69, 9.17) is 9.97 Å². The Kier molecular flexibility index (Phi) is 11.0. The number of carbonyl (C=O) groups is 1. The molecule has 0 spiro atoms. The summed E-state index contributed by atoms with van der Waals surface area (Å²) in [4.78, 5) is 23.1. The topological polar surface area (TPSA) is 63.1 Å². The summed E-state index contributed by atoms with van der Waals surface area (Å²) in [5.41, 5.74) is 15.8. The number of allylic oxidation sites excluding steroid dienone is 2. The molecular weight excluding hydrogens is 781 g/mol. The van der Waals surface area contributed by atoms with E-state index in [1.165, 1.54) is 13.0 Å². The van der Waals surface area contributed by atoms with Crippen molar-refractivity contribution in [3.63, 3.8) is 0 Å². The fourth-order valence-corrected chi connectivity index (χ4v) is 9.08. The Labute approximate surface area is 373 Å². The molecule has 0 saturated carbocycles. The zero-order valence-electron chi connectivity index (χ0n) is 35.4. The summed E-state index contributed by atoms with van der Waals surface area (Å²) < 4.78 is 0. The van der Waals surface area contributed by atoms with Gasteiger partial charge in [0.1, 0.15) is 0 Å². The van der Waals surface area contributed by atoms with Crippen LogP contribution in [0.15, 0.2) is 224 Å². The molecule has 0 aliphatic carbocycles. The Morgan fingerprint density at radius 1 is 0.422 bits per heavy atom. The smallest absolute Gasteiger partial charge is 0.159 e. The number of hydrogen-bond acceptors (Lipinski definition) is 4. The first kappa shape index (κ1) is 39.9. The molecule has 1 N–H and O–H groups in total. The molecule has 0 unspecified atom stereocenters. The minimum Gasteiger partial charge on any atom is -0.512 e. The van der Waals surface area contributed by atoms with Gasteiger partial charge in [0.25, 0.3) is 0 Å². The van der Waals surface area contributed by atoms with Gasteiger partial charge in [0, 0.05) is 57.9 Å². The van der Waals surface area contributed by atoms with Gasteiger partial charge in [0.2, 0.25) is 0 Å². The van der Waals surface area contributed by atoms with Crippen molar-refractivity contribution < 1.29 is 9.90 Å². The van der Waals surface area contributed by atoms with Crippen LogP contribution in [0, 0.1) is 0 Å². The van der Waals surface area contributed by atoms with Gasteiger partial charge in [-0.05, 0) is 92.4 Å². The first-order valence-electron chi connectivity index (χ1n) is 21.7. The van der Waals surface area contributed by atoms with Gasteiger partial charge < -0.3 is 5.11 Å². The molecule has 0 aliphatic rings. The molecule has 10 aromatic rings. The fourth-order valence-electron chi connectivity index (χ4n) is 9.08. The Hall–Kier alpha value is -8.21. The molecule has 0 amide bonds. The number of rotatable bonds is 11. The average Bonchev–Trinajstić information content (AvgIpc) is 3.35. The number of aliphatic hydroxyl groups excluding tert-OH is 1. The van der Waals surface area contributed by atoms with E-state index in [-0.39, 0.29) is 18.0 Å². The Balaban J connectivity index is 1.18. The van der Waals surface area contributed by atoms with E-state index in [1.54, 1.807) is 0 Å². The summed E-state index contributed by atoms with van der Waals surface area (Å²) in [6.45, 7) is 1.53. The maximum atomic E-state index is 12.8. The van der Waals surface area contributed by atoms with E-state index in [1.807, 2.05) is 30.6 Å². The molecule has 64 heavy (non-hydrogen) atoms. The van der Waals surface area contributed by atoms with Crippen LogP contribution in [0.4, 0.5) is 0 Å². The van der Waals surface area contributed by atoms with Crippen molar-refractivity contribution in [3.8, 4) is 78.1 Å². The highest BCUT2D eigenvalue weighted by Crippen LogP contribution is 2.44. The van der Waals surface area contributed by atoms with E-state index < -0.39 is 0 Å². The maximum Gasteiger partial charge on any atom is 0.159 e. The molecule has 0 atom stereocenters. The minimum absolute atomic E-state index is 0.0170. The Morgan fingerprint density at radius 2 is 0.797 bits per heavy atom. The third-order valence-electron chi connectivity index (χ3n) is 12.0. The summed E-state index contributed by atoms with van der Waals surface area (Å²) in [5, 5.41) is 14.3. The van der Waals surface area contributed by atoms with Crippen molar-refractivity contribution >= 4 is 27.3 Å². The molecule has 0 fully saturated rings. The zero-order valence-corrected chi connectivity index (χ0v) is 35.4. The second kappa shape index (κ2) is 17.6. The first-order chi connectivity index (χ1) is 31.5. The van der Waals surface area contributed by atoms with Gasteiger partial charge in [-0.2, -0.15) is 0 Å². The van der Waals surface area contributed by atoms with Gasteiger partial charge in [-0.3, -0.25) is 14.8 Å². The third kappa shape index (κ3) is 7.90. The molecule has 10 rings (SSSR count). The van der Waals surface area contributed by atoms with Gasteiger partial charge >= 0.3 is 0 Å². The van der Waals surface area contributed by atoms with E-state index >= 15 is 0 Å². The molecule has 0 radical (unpaired) electrons. The van der Waals surface area contributed by atoms with Crippen molar-refractivity contribution in [3.05, 3.63) is 230 Å². The van der Waals surface area contributed by atoms with Crippen molar-refractivity contribution in [1.82, 2.24) is 9.97 Å². The van der Waals surface area contributed by atoms with Gasteiger partial charge in [-0.1, -0.05) is 182 Å². The summed E-state index contributed by atoms with van der Waals surface area (Å²) >= 11 is 0. The van der Waals surface area contributed by atoms with Gasteiger partial charge in [0.05, 0.1) is 17.1 Å². The number of hydrogen-bond donors (Lipinski definition) is 1. The number of nitrogens with zero attached hydrogens (tertiary/aromatic N) is 2. The van der Waals surface area contributed by atoms with Crippen molar-refractivity contribution in [2.75, 3.05) is 0 Å². The summed E-state index contributed by atoms with van der Waals surface area (Å²) in [5.74, 6) is -0.0892. The third-order valence-corrected chi connectivity index (χ3v) is 12.0. The fraction of sp³-hybridized carbons (Fsp3) is 0.0500. The van der Waals surface area contributed by atoms with Crippen LogP contribution in [0.5, 0.6) is 0 Å². The predicted octanol–water partition coefficient (Wildman–Crippen LogP) is 15.4. The lowest BCUT2D eigenvalue weighted by Crippen LogP contribution is -1.99. The SMILES string of the molecule is CC(O)=CC(=O)CCc1ccccc1-c1cc(-c2ccccc2-c2cnc(-c3ccccc3)c3ccccc23)cc(-c2ccccc2-c2cnc(-c3ccccc3)c3ccccc23)c1. The van der Waals surface area contributed by atoms with Gasteiger partial charge in [0.15, 0.2) is 5.78 Å². The van der Waals surface area contributed by atoms with E-state index in [9.17, 15) is 9.90 Å². The van der Waals surface area contributed by atoms with Crippen molar-refractivity contribution in [2.24, 2.45) is 0 Å². The zero-order chi connectivity index (χ0) is 43.4.